The molecule has 0 saturated carbocycles. The first-order chi connectivity index (χ1) is 12.7. The second-order valence-electron chi connectivity index (χ2n) is 5.69. The van der Waals surface area contributed by atoms with Gasteiger partial charge in [-0.15, -0.1) is 0 Å². The highest BCUT2D eigenvalue weighted by Crippen LogP contribution is 2.15. The van der Waals surface area contributed by atoms with Crippen molar-refractivity contribution in [2.45, 2.75) is 13.2 Å². The highest BCUT2D eigenvalue weighted by atomic mass is 16.5. The minimum Gasteiger partial charge on any atom is -0.489 e. The van der Waals surface area contributed by atoms with E-state index in [1.54, 1.807) is 24.3 Å². The van der Waals surface area contributed by atoms with Crippen LogP contribution in [0.25, 0.3) is 0 Å². The van der Waals surface area contributed by atoms with Crippen LogP contribution >= 0.6 is 0 Å². The third kappa shape index (κ3) is 4.80. The number of ketones is 1. The van der Waals surface area contributed by atoms with Gasteiger partial charge in [0.1, 0.15) is 19.0 Å². The van der Waals surface area contributed by atoms with E-state index in [0.717, 1.165) is 11.1 Å². The summed E-state index contributed by atoms with van der Waals surface area (Å²) in [6.07, 6.45) is 0. The minimum absolute atomic E-state index is 0.0731. The highest BCUT2D eigenvalue weighted by molar-refractivity contribution is 6.40. The summed E-state index contributed by atoms with van der Waals surface area (Å²) in [4.78, 5) is 24.1. The maximum absolute atomic E-state index is 12.1. The van der Waals surface area contributed by atoms with Gasteiger partial charge in [-0.2, -0.15) is 0 Å². The van der Waals surface area contributed by atoms with E-state index in [4.69, 9.17) is 9.47 Å². The number of carbonyl (C=O) groups is 2. The summed E-state index contributed by atoms with van der Waals surface area (Å²) in [5.74, 6) is -0.912. The quantitative estimate of drug-likeness (QED) is 0.366. The van der Waals surface area contributed by atoms with E-state index in [9.17, 15) is 9.59 Å². The monoisotopic (exact) mass is 346 g/mol. The van der Waals surface area contributed by atoms with E-state index >= 15 is 0 Å². The molecule has 0 aliphatic rings. The van der Waals surface area contributed by atoms with Gasteiger partial charge in [0.15, 0.2) is 0 Å². The molecule has 0 atom stereocenters. The summed E-state index contributed by atoms with van der Waals surface area (Å²) in [5.41, 5.74) is 2.16. The summed E-state index contributed by atoms with van der Waals surface area (Å²) in [6.45, 7) is 0.511. The van der Waals surface area contributed by atoms with E-state index in [0.29, 0.717) is 12.4 Å². The van der Waals surface area contributed by atoms with Gasteiger partial charge in [0.2, 0.25) is 0 Å². The predicted molar refractivity (Wildman–Crippen MR) is 97.8 cm³/mol. The number of hydrogen-bond donors (Lipinski definition) is 0. The number of esters is 1. The van der Waals surface area contributed by atoms with E-state index in [-0.39, 0.29) is 12.2 Å². The summed E-state index contributed by atoms with van der Waals surface area (Å²) in [6, 6.07) is 25.5. The number of rotatable bonds is 7. The molecule has 0 amide bonds. The Kier molecular flexibility index (Phi) is 5.78. The Morgan fingerprint density at radius 1 is 0.654 bits per heavy atom. The first kappa shape index (κ1) is 17.4. The van der Waals surface area contributed by atoms with Crippen LogP contribution in [0.3, 0.4) is 0 Å². The third-order valence-corrected chi connectivity index (χ3v) is 3.76. The second-order valence-corrected chi connectivity index (χ2v) is 5.69. The standard InChI is InChI=1S/C22H18O4/c23-21(22(24)26-16-18-9-5-2-6-10-18)19-11-13-20(14-12-19)25-15-17-7-3-1-4-8-17/h1-14H,15-16H2. The fourth-order valence-electron chi connectivity index (χ4n) is 2.35. The van der Waals surface area contributed by atoms with Gasteiger partial charge in [-0.3, -0.25) is 4.79 Å². The van der Waals surface area contributed by atoms with Crippen molar-refractivity contribution >= 4 is 11.8 Å². The van der Waals surface area contributed by atoms with Crippen LogP contribution < -0.4 is 4.74 Å². The maximum atomic E-state index is 12.1. The molecule has 3 rings (SSSR count). The number of hydrogen-bond acceptors (Lipinski definition) is 4. The fraction of sp³-hybridized carbons (Fsp3) is 0.0909. The van der Waals surface area contributed by atoms with Gasteiger partial charge in [0.05, 0.1) is 0 Å². The number of carbonyl (C=O) groups excluding carboxylic acids is 2. The molecule has 0 bridgehead atoms. The Labute approximate surface area is 152 Å². The van der Waals surface area contributed by atoms with Gasteiger partial charge in [-0.05, 0) is 35.4 Å². The lowest BCUT2D eigenvalue weighted by molar-refractivity contribution is -0.139. The van der Waals surface area contributed by atoms with E-state index < -0.39 is 11.8 Å². The topological polar surface area (TPSA) is 52.6 Å². The second kappa shape index (κ2) is 8.62. The van der Waals surface area contributed by atoms with Gasteiger partial charge in [0.25, 0.3) is 5.78 Å². The molecule has 0 N–H and O–H groups in total. The van der Waals surface area contributed by atoms with Crippen molar-refractivity contribution < 1.29 is 19.1 Å². The molecule has 3 aromatic rings. The van der Waals surface area contributed by atoms with Crippen LogP contribution in [0.15, 0.2) is 84.9 Å². The average molecular weight is 346 g/mol. The Hall–Kier alpha value is -3.40. The van der Waals surface area contributed by atoms with Crippen molar-refractivity contribution in [1.82, 2.24) is 0 Å². The number of benzene rings is 3. The SMILES string of the molecule is O=C(OCc1ccccc1)C(=O)c1ccc(OCc2ccccc2)cc1. The van der Waals surface area contributed by atoms with Crippen molar-refractivity contribution in [3.63, 3.8) is 0 Å². The molecule has 0 heterocycles. The van der Waals surface area contributed by atoms with Crippen molar-refractivity contribution in [3.05, 3.63) is 102 Å². The molecule has 0 aliphatic carbocycles. The Morgan fingerprint density at radius 3 is 1.77 bits per heavy atom. The van der Waals surface area contributed by atoms with Crippen LogP contribution in [0, 0.1) is 0 Å². The lowest BCUT2D eigenvalue weighted by Gasteiger charge is -2.07. The van der Waals surface area contributed by atoms with E-state index in [2.05, 4.69) is 0 Å². The van der Waals surface area contributed by atoms with E-state index in [1.165, 1.54) is 0 Å². The average Bonchev–Trinajstić information content (AvgIpc) is 2.72. The summed E-state index contributed by atoms with van der Waals surface area (Å²) in [5, 5.41) is 0. The lowest BCUT2D eigenvalue weighted by Crippen LogP contribution is -2.17. The Bertz CT molecular complexity index is 856. The molecule has 4 nitrogen and oxygen atoms in total. The van der Waals surface area contributed by atoms with Crippen molar-refractivity contribution in [2.24, 2.45) is 0 Å². The molecule has 0 saturated heterocycles. The summed E-state index contributed by atoms with van der Waals surface area (Å²) >= 11 is 0. The number of ether oxygens (including phenoxy) is 2. The van der Waals surface area contributed by atoms with Crippen LogP contribution in [0.2, 0.25) is 0 Å². The first-order valence-corrected chi connectivity index (χ1v) is 8.24. The lowest BCUT2D eigenvalue weighted by atomic mass is 10.1. The van der Waals surface area contributed by atoms with Crippen LogP contribution in [0.5, 0.6) is 5.75 Å². The third-order valence-electron chi connectivity index (χ3n) is 3.76. The first-order valence-electron chi connectivity index (χ1n) is 8.24. The summed E-state index contributed by atoms with van der Waals surface area (Å²) < 4.78 is 10.7. The molecule has 3 aromatic carbocycles. The zero-order valence-corrected chi connectivity index (χ0v) is 14.1. The van der Waals surface area contributed by atoms with E-state index in [1.807, 2.05) is 60.7 Å². The van der Waals surface area contributed by atoms with Crippen molar-refractivity contribution in [1.29, 1.82) is 0 Å². The van der Waals surface area contributed by atoms with Crippen LogP contribution in [-0.2, 0) is 22.7 Å². The maximum Gasteiger partial charge on any atom is 0.380 e. The zero-order chi connectivity index (χ0) is 18.2. The molecule has 0 unspecified atom stereocenters. The molecule has 130 valence electrons. The Balaban J connectivity index is 1.53. The van der Waals surface area contributed by atoms with Crippen LogP contribution in [0.4, 0.5) is 0 Å². The minimum atomic E-state index is -0.869. The van der Waals surface area contributed by atoms with Crippen molar-refractivity contribution in [2.75, 3.05) is 0 Å². The molecular weight excluding hydrogens is 328 g/mol. The number of Topliss-reactive ketones (excluding diaryl/α,β-unsaturated/α-hetero) is 1. The highest BCUT2D eigenvalue weighted by Gasteiger charge is 2.18. The smallest absolute Gasteiger partial charge is 0.380 e. The largest absolute Gasteiger partial charge is 0.489 e. The van der Waals surface area contributed by atoms with Gasteiger partial charge >= 0.3 is 5.97 Å². The molecular formula is C22H18O4. The van der Waals surface area contributed by atoms with Gasteiger partial charge in [-0.1, -0.05) is 60.7 Å². The predicted octanol–water partition coefficient (Wildman–Crippen LogP) is 4.19. The normalized spacial score (nSPS) is 10.2. The molecule has 26 heavy (non-hydrogen) atoms. The van der Waals surface area contributed by atoms with Crippen molar-refractivity contribution in [3.8, 4) is 5.75 Å². The molecule has 0 fully saturated rings. The van der Waals surface area contributed by atoms with Crippen LogP contribution in [0.1, 0.15) is 21.5 Å². The van der Waals surface area contributed by atoms with Gasteiger partial charge in [0, 0.05) is 5.56 Å². The van der Waals surface area contributed by atoms with Gasteiger partial charge in [-0.25, -0.2) is 4.79 Å². The van der Waals surface area contributed by atoms with Crippen LogP contribution in [-0.4, -0.2) is 11.8 Å². The Morgan fingerprint density at radius 2 is 1.19 bits per heavy atom. The molecule has 0 radical (unpaired) electrons. The summed E-state index contributed by atoms with van der Waals surface area (Å²) in [7, 11) is 0. The zero-order valence-electron chi connectivity index (χ0n) is 14.1. The molecule has 0 aliphatic heterocycles. The molecule has 0 aromatic heterocycles. The van der Waals surface area contributed by atoms with Gasteiger partial charge < -0.3 is 9.47 Å². The molecule has 4 heteroatoms. The molecule has 0 spiro atoms. The fourth-order valence-corrected chi connectivity index (χ4v) is 2.35.